The highest BCUT2D eigenvalue weighted by Crippen LogP contribution is 2.52. The molecule has 0 aliphatic carbocycles. The number of fused-ring (bicyclic) bond motifs is 1. The lowest BCUT2D eigenvalue weighted by Gasteiger charge is -2.33. The molecule has 1 atom stereocenters. The maximum Gasteiger partial charge on any atom is 0.228 e. The van der Waals surface area contributed by atoms with Crippen LogP contribution in [0.4, 0.5) is 5.69 Å². The van der Waals surface area contributed by atoms with Crippen LogP contribution in [0.15, 0.2) is 47.4 Å². The van der Waals surface area contributed by atoms with Gasteiger partial charge in [0.15, 0.2) is 0 Å². The van der Waals surface area contributed by atoms with Crippen LogP contribution in [-0.4, -0.2) is 27.2 Å². The van der Waals surface area contributed by atoms with E-state index in [4.69, 9.17) is 9.47 Å². The molecule has 0 saturated carbocycles. The fraction of sp³-hybridized carbons (Fsp3) is 0.278. The van der Waals surface area contributed by atoms with Gasteiger partial charge in [-0.05, 0) is 24.3 Å². The first-order valence-electron chi connectivity index (χ1n) is 7.38. The van der Waals surface area contributed by atoms with E-state index in [1.165, 1.54) is 0 Å². The molecule has 1 aliphatic rings. The van der Waals surface area contributed by atoms with Crippen LogP contribution in [-0.2, 0) is 4.79 Å². The Labute approximate surface area is 140 Å². The van der Waals surface area contributed by atoms with Crippen molar-refractivity contribution in [2.75, 3.05) is 26.2 Å². The number of carbonyl (C=O) groups excluding carboxylic acids is 1. The number of amides is 1. The predicted octanol–water partition coefficient (Wildman–Crippen LogP) is 3.90. The van der Waals surface area contributed by atoms with Crippen LogP contribution in [0.3, 0.4) is 0 Å². The summed E-state index contributed by atoms with van der Waals surface area (Å²) in [7, 11) is 5.06. The summed E-state index contributed by atoms with van der Waals surface area (Å²) in [5, 5.41) is 0.00106. The van der Waals surface area contributed by atoms with Gasteiger partial charge in [0.05, 0.1) is 19.9 Å². The first-order chi connectivity index (χ1) is 11.2. The highest BCUT2D eigenvalue weighted by molar-refractivity contribution is 7.99. The Morgan fingerprint density at radius 3 is 2.35 bits per heavy atom. The van der Waals surface area contributed by atoms with E-state index in [2.05, 4.69) is 12.1 Å². The molecule has 2 aromatic carbocycles. The van der Waals surface area contributed by atoms with E-state index in [1.54, 1.807) is 37.9 Å². The van der Waals surface area contributed by atoms with E-state index in [0.29, 0.717) is 12.2 Å². The number of anilines is 1. The number of methoxy groups -OCH3 is 2. The zero-order valence-corrected chi connectivity index (χ0v) is 14.2. The molecule has 0 aromatic heterocycles. The summed E-state index contributed by atoms with van der Waals surface area (Å²) in [6.45, 7) is 0. The van der Waals surface area contributed by atoms with Gasteiger partial charge in [-0.1, -0.05) is 18.2 Å². The van der Waals surface area contributed by atoms with E-state index >= 15 is 0 Å². The van der Waals surface area contributed by atoms with Crippen molar-refractivity contribution in [3.8, 4) is 11.5 Å². The van der Waals surface area contributed by atoms with Gasteiger partial charge in [-0.15, -0.1) is 11.8 Å². The van der Waals surface area contributed by atoms with E-state index in [9.17, 15) is 4.79 Å². The largest absolute Gasteiger partial charge is 0.496 e. The van der Waals surface area contributed by atoms with Crippen molar-refractivity contribution in [2.24, 2.45) is 0 Å². The zero-order valence-electron chi connectivity index (χ0n) is 13.4. The standard InChI is InChI=1S/C18H19NO3S/c1-19-16(20)11-15(23-12-7-5-4-6-8-12)17-13(21-2)9-10-14(22-3)18(17)19/h4-10,15H,11H2,1-3H3. The lowest BCUT2D eigenvalue weighted by Crippen LogP contribution is -2.33. The molecule has 2 aromatic rings. The predicted molar refractivity (Wildman–Crippen MR) is 92.6 cm³/mol. The van der Waals surface area contributed by atoms with Crippen LogP contribution in [0, 0.1) is 0 Å². The summed E-state index contributed by atoms with van der Waals surface area (Å²) >= 11 is 1.68. The molecule has 0 spiro atoms. The van der Waals surface area contributed by atoms with Gasteiger partial charge in [0, 0.05) is 29.2 Å². The second kappa shape index (κ2) is 6.54. The zero-order chi connectivity index (χ0) is 16.4. The van der Waals surface area contributed by atoms with Crippen LogP contribution >= 0.6 is 11.8 Å². The number of rotatable bonds is 4. The Morgan fingerprint density at radius 1 is 1.04 bits per heavy atom. The van der Waals surface area contributed by atoms with Gasteiger partial charge in [-0.2, -0.15) is 0 Å². The average Bonchev–Trinajstić information content (AvgIpc) is 2.59. The normalized spacial score (nSPS) is 16.9. The summed E-state index contributed by atoms with van der Waals surface area (Å²) in [5.74, 6) is 1.56. The molecule has 5 heteroatoms. The number of thioether (sulfide) groups is 1. The average molecular weight is 329 g/mol. The minimum absolute atomic E-state index is 0.00106. The van der Waals surface area contributed by atoms with Gasteiger partial charge in [0.1, 0.15) is 11.5 Å². The van der Waals surface area contributed by atoms with Gasteiger partial charge in [-0.25, -0.2) is 0 Å². The van der Waals surface area contributed by atoms with Crippen molar-refractivity contribution < 1.29 is 14.3 Å². The number of nitrogens with zero attached hydrogens (tertiary/aromatic N) is 1. The quantitative estimate of drug-likeness (QED) is 0.853. The van der Waals surface area contributed by atoms with Gasteiger partial charge >= 0.3 is 0 Å². The SMILES string of the molecule is COc1ccc(OC)c2c1C(Sc1ccccc1)CC(=O)N2C. The van der Waals surface area contributed by atoms with Gasteiger partial charge in [-0.3, -0.25) is 4.79 Å². The Hall–Kier alpha value is -2.14. The lowest BCUT2D eigenvalue weighted by atomic mass is 9.99. The first kappa shape index (κ1) is 15.7. The summed E-state index contributed by atoms with van der Waals surface area (Å²) in [4.78, 5) is 15.2. The third kappa shape index (κ3) is 2.88. The van der Waals surface area contributed by atoms with Crippen molar-refractivity contribution in [2.45, 2.75) is 16.6 Å². The molecule has 3 rings (SSSR count). The smallest absolute Gasteiger partial charge is 0.228 e. The number of benzene rings is 2. The van der Waals surface area contributed by atoms with Crippen molar-refractivity contribution >= 4 is 23.4 Å². The number of carbonyl (C=O) groups is 1. The fourth-order valence-corrected chi connectivity index (χ4v) is 4.07. The topological polar surface area (TPSA) is 38.8 Å². The van der Waals surface area contributed by atoms with E-state index in [-0.39, 0.29) is 11.2 Å². The van der Waals surface area contributed by atoms with Crippen molar-refractivity contribution in [3.05, 3.63) is 48.0 Å². The van der Waals surface area contributed by atoms with E-state index in [0.717, 1.165) is 21.9 Å². The second-order valence-electron chi connectivity index (χ2n) is 5.31. The van der Waals surface area contributed by atoms with E-state index < -0.39 is 0 Å². The molecule has 0 N–H and O–H groups in total. The highest BCUT2D eigenvalue weighted by atomic mass is 32.2. The molecule has 0 saturated heterocycles. The third-order valence-electron chi connectivity index (χ3n) is 3.99. The Balaban J connectivity index is 2.11. The first-order valence-corrected chi connectivity index (χ1v) is 8.26. The molecule has 1 aliphatic heterocycles. The van der Waals surface area contributed by atoms with E-state index in [1.807, 2.05) is 30.3 Å². The van der Waals surface area contributed by atoms with Gasteiger partial charge < -0.3 is 14.4 Å². The van der Waals surface area contributed by atoms with Crippen molar-refractivity contribution in [1.82, 2.24) is 0 Å². The molecule has 23 heavy (non-hydrogen) atoms. The molecular weight excluding hydrogens is 310 g/mol. The maximum absolute atomic E-state index is 12.4. The lowest BCUT2D eigenvalue weighted by molar-refractivity contribution is -0.118. The molecule has 1 amide bonds. The molecular formula is C18H19NO3S. The van der Waals surface area contributed by atoms with Crippen LogP contribution in [0.5, 0.6) is 11.5 Å². The van der Waals surface area contributed by atoms with Crippen LogP contribution < -0.4 is 14.4 Å². The molecule has 1 unspecified atom stereocenters. The molecule has 4 nitrogen and oxygen atoms in total. The monoisotopic (exact) mass is 329 g/mol. The van der Waals surface area contributed by atoms with Crippen molar-refractivity contribution in [1.29, 1.82) is 0 Å². The Morgan fingerprint density at radius 2 is 1.70 bits per heavy atom. The highest BCUT2D eigenvalue weighted by Gasteiger charge is 2.35. The second-order valence-corrected chi connectivity index (χ2v) is 6.58. The summed E-state index contributed by atoms with van der Waals surface area (Å²) < 4.78 is 11.0. The van der Waals surface area contributed by atoms with Crippen LogP contribution in [0.2, 0.25) is 0 Å². The van der Waals surface area contributed by atoms with Gasteiger partial charge in [0.25, 0.3) is 0 Å². The minimum Gasteiger partial charge on any atom is -0.496 e. The number of hydrogen-bond acceptors (Lipinski definition) is 4. The minimum atomic E-state index is 0.00106. The fourth-order valence-electron chi connectivity index (χ4n) is 2.86. The number of ether oxygens (including phenoxy) is 2. The molecule has 0 bridgehead atoms. The molecule has 1 heterocycles. The van der Waals surface area contributed by atoms with Crippen LogP contribution in [0.1, 0.15) is 17.2 Å². The maximum atomic E-state index is 12.4. The molecule has 0 fully saturated rings. The third-order valence-corrected chi connectivity index (χ3v) is 5.22. The Bertz CT molecular complexity index is 718. The Kier molecular flexibility index (Phi) is 4.48. The van der Waals surface area contributed by atoms with Crippen molar-refractivity contribution in [3.63, 3.8) is 0 Å². The number of hydrogen-bond donors (Lipinski definition) is 0. The van der Waals surface area contributed by atoms with Gasteiger partial charge in [0.2, 0.25) is 5.91 Å². The molecule has 0 radical (unpaired) electrons. The summed E-state index contributed by atoms with van der Waals surface area (Å²) in [6, 6.07) is 13.9. The summed E-state index contributed by atoms with van der Waals surface area (Å²) in [5.41, 5.74) is 1.82. The molecule has 120 valence electrons. The van der Waals surface area contributed by atoms with Crippen LogP contribution in [0.25, 0.3) is 0 Å². The summed E-state index contributed by atoms with van der Waals surface area (Å²) in [6.07, 6.45) is 0.437.